The van der Waals surface area contributed by atoms with Gasteiger partial charge in [-0.3, -0.25) is 4.79 Å². The molecule has 84 valence electrons. The molecule has 2 atom stereocenters. The summed E-state index contributed by atoms with van der Waals surface area (Å²) in [5.74, 6) is -1.05. The summed E-state index contributed by atoms with van der Waals surface area (Å²) in [6.45, 7) is -0.00898. The van der Waals surface area contributed by atoms with Gasteiger partial charge in [0.2, 0.25) is 5.91 Å². The third-order valence-corrected chi connectivity index (χ3v) is 3.18. The number of ether oxygens (including phenoxy) is 1. The summed E-state index contributed by atoms with van der Waals surface area (Å²) in [6.07, 6.45) is 3.92. The number of carboxylic acids is 1. The summed E-state index contributed by atoms with van der Waals surface area (Å²) in [5, 5.41) is 11.5. The Morgan fingerprint density at radius 3 is 2.67 bits per heavy atom. The molecule has 0 radical (unpaired) electrons. The van der Waals surface area contributed by atoms with Crippen molar-refractivity contribution in [2.45, 2.75) is 37.8 Å². The lowest BCUT2D eigenvalue weighted by Crippen LogP contribution is -2.57. The molecule has 2 rings (SSSR count). The van der Waals surface area contributed by atoms with E-state index in [4.69, 9.17) is 9.84 Å². The first-order chi connectivity index (χ1) is 7.18. The van der Waals surface area contributed by atoms with Crippen LogP contribution in [0.1, 0.15) is 25.7 Å². The van der Waals surface area contributed by atoms with Crippen LogP contribution in [0.15, 0.2) is 0 Å². The summed E-state index contributed by atoms with van der Waals surface area (Å²) in [7, 11) is 0. The molecule has 1 saturated carbocycles. The zero-order valence-electron chi connectivity index (χ0n) is 8.44. The monoisotopic (exact) mass is 213 g/mol. The quantitative estimate of drug-likeness (QED) is 0.684. The SMILES string of the molecule is O=C1COC(C2CCCC2)C(C(=O)O)N1. The van der Waals surface area contributed by atoms with Crippen molar-refractivity contribution in [1.82, 2.24) is 5.32 Å². The highest BCUT2D eigenvalue weighted by atomic mass is 16.5. The molecule has 0 bridgehead atoms. The topological polar surface area (TPSA) is 75.6 Å². The van der Waals surface area contributed by atoms with Crippen LogP contribution in [0, 0.1) is 5.92 Å². The highest BCUT2D eigenvalue weighted by Gasteiger charge is 2.40. The average molecular weight is 213 g/mol. The largest absolute Gasteiger partial charge is 0.480 e. The predicted molar refractivity (Wildman–Crippen MR) is 51.3 cm³/mol. The lowest BCUT2D eigenvalue weighted by Gasteiger charge is -2.33. The van der Waals surface area contributed by atoms with E-state index in [1.54, 1.807) is 0 Å². The maximum Gasteiger partial charge on any atom is 0.328 e. The molecule has 0 spiro atoms. The van der Waals surface area contributed by atoms with Gasteiger partial charge >= 0.3 is 5.97 Å². The minimum Gasteiger partial charge on any atom is -0.480 e. The van der Waals surface area contributed by atoms with Crippen LogP contribution in [-0.2, 0) is 14.3 Å². The number of carboxylic acid groups (broad SMARTS) is 1. The van der Waals surface area contributed by atoms with Gasteiger partial charge < -0.3 is 15.2 Å². The number of carbonyl (C=O) groups is 2. The van der Waals surface area contributed by atoms with Crippen LogP contribution in [0.4, 0.5) is 0 Å². The normalized spacial score (nSPS) is 32.7. The van der Waals surface area contributed by atoms with E-state index >= 15 is 0 Å². The Hall–Kier alpha value is -1.10. The van der Waals surface area contributed by atoms with Crippen LogP contribution >= 0.6 is 0 Å². The van der Waals surface area contributed by atoms with Crippen LogP contribution in [0.3, 0.4) is 0 Å². The summed E-state index contributed by atoms with van der Waals surface area (Å²) in [6, 6.07) is -0.866. The third-order valence-electron chi connectivity index (χ3n) is 3.18. The molecule has 5 nitrogen and oxygen atoms in total. The van der Waals surface area contributed by atoms with Crippen molar-refractivity contribution in [3.63, 3.8) is 0 Å². The molecule has 0 aromatic carbocycles. The van der Waals surface area contributed by atoms with Crippen molar-refractivity contribution in [2.75, 3.05) is 6.61 Å². The molecule has 2 unspecified atom stereocenters. The Kier molecular flexibility index (Phi) is 2.90. The third kappa shape index (κ3) is 2.12. The number of hydrogen-bond acceptors (Lipinski definition) is 3. The van der Waals surface area contributed by atoms with Gasteiger partial charge in [0.05, 0.1) is 6.10 Å². The first kappa shape index (κ1) is 10.4. The Labute approximate surface area is 87.8 Å². The fourth-order valence-electron chi connectivity index (χ4n) is 2.46. The summed E-state index contributed by atoms with van der Waals surface area (Å²) < 4.78 is 5.36. The number of rotatable bonds is 2. The second-order valence-electron chi connectivity index (χ2n) is 4.20. The van der Waals surface area contributed by atoms with E-state index in [-0.39, 0.29) is 24.5 Å². The molecule has 1 saturated heterocycles. The molecule has 1 heterocycles. The lowest BCUT2D eigenvalue weighted by molar-refractivity contribution is -0.157. The lowest BCUT2D eigenvalue weighted by atomic mass is 9.93. The van der Waals surface area contributed by atoms with Crippen molar-refractivity contribution in [3.8, 4) is 0 Å². The van der Waals surface area contributed by atoms with Crippen molar-refractivity contribution in [1.29, 1.82) is 0 Å². The van der Waals surface area contributed by atoms with Gasteiger partial charge in [0, 0.05) is 0 Å². The summed E-state index contributed by atoms with van der Waals surface area (Å²) in [5.41, 5.74) is 0. The van der Waals surface area contributed by atoms with Crippen LogP contribution in [0.2, 0.25) is 0 Å². The molecular formula is C10H15NO4. The minimum absolute atomic E-state index is 0.00898. The number of morpholine rings is 1. The fraction of sp³-hybridized carbons (Fsp3) is 0.800. The molecule has 0 aromatic rings. The maximum atomic E-state index is 11.0. The van der Waals surface area contributed by atoms with Crippen molar-refractivity contribution >= 4 is 11.9 Å². The maximum absolute atomic E-state index is 11.0. The second kappa shape index (κ2) is 4.18. The number of carbonyl (C=O) groups excluding carboxylic acids is 1. The number of nitrogens with one attached hydrogen (secondary N) is 1. The average Bonchev–Trinajstić information content (AvgIpc) is 2.70. The standard InChI is InChI=1S/C10H15NO4/c12-7-5-15-9(6-3-1-2-4-6)8(11-7)10(13)14/h6,8-9H,1-5H2,(H,11,12)(H,13,14). The highest BCUT2D eigenvalue weighted by Crippen LogP contribution is 2.31. The van der Waals surface area contributed by atoms with Crippen molar-refractivity contribution < 1.29 is 19.4 Å². The van der Waals surface area contributed by atoms with Gasteiger partial charge in [0.1, 0.15) is 6.61 Å². The molecule has 5 heteroatoms. The first-order valence-corrected chi connectivity index (χ1v) is 5.32. The van der Waals surface area contributed by atoms with E-state index < -0.39 is 12.0 Å². The summed E-state index contributed by atoms with van der Waals surface area (Å²) in [4.78, 5) is 22.0. The zero-order valence-corrected chi connectivity index (χ0v) is 8.44. The van der Waals surface area contributed by atoms with E-state index in [1.807, 2.05) is 0 Å². The molecule has 15 heavy (non-hydrogen) atoms. The van der Waals surface area contributed by atoms with E-state index in [0.29, 0.717) is 0 Å². The molecule has 2 N–H and O–H groups in total. The van der Waals surface area contributed by atoms with Gasteiger partial charge in [0.15, 0.2) is 6.04 Å². The van der Waals surface area contributed by atoms with Crippen LogP contribution < -0.4 is 5.32 Å². The zero-order chi connectivity index (χ0) is 10.8. The Morgan fingerprint density at radius 2 is 2.07 bits per heavy atom. The Morgan fingerprint density at radius 1 is 1.40 bits per heavy atom. The molecule has 1 amide bonds. The molecule has 1 aliphatic carbocycles. The molecule has 2 fully saturated rings. The van der Waals surface area contributed by atoms with Crippen LogP contribution in [0.5, 0.6) is 0 Å². The van der Waals surface area contributed by atoms with Gasteiger partial charge in [-0.15, -0.1) is 0 Å². The van der Waals surface area contributed by atoms with E-state index in [2.05, 4.69) is 5.32 Å². The van der Waals surface area contributed by atoms with Crippen LogP contribution in [-0.4, -0.2) is 35.7 Å². The smallest absolute Gasteiger partial charge is 0.328 e. The van der Waals surface area contributed by atoms with Gasteiger partial charge in [-0.1, -0.05) is 12.8 Å². The van der Waals surface area contributed by atoms with Crippen LogP contribution in [0.25, 0.3) is 0 Å². The number of amides is 1. The second-order valence-corrected chi connectivity index (χ2v) is 4.20. The van der Waals surface area contributed by atoms with E-state index in [9.17, 15) is 9.59 Å². The summed E-state index contributed by atoms with van der Waals surface area (Å²) >= 11 is 0. The van der Waals surface area contributed by atoms with Crippen molar-refractivity contribution in [2.24, 2.45) is 5.92 Å². The van der Waals surface area contributed by atoms with E-state index in [1.165, 1.54) is 0 Å². The Bertz CT molecular complexity index is 273. The molecule has 2 aliphatic rings. The molecule has 0 aromatic heterocycles. The van der Waals surface area contributed by atoms with Gasteiger partial charge in [-0.05, 0) is 18.8 Å². The molecule has 1 aliphatic heterocycles. The van der Waals surface area contributed by atoms with Gasteiger partial charge in [-0.25, -0.2) is 4.79 Å². The number of hydrogen-bond donors (Lipinski definition) is 2. The molecular weight excluding hydrogens is 198 g/mol. The predicted octanol–water partition coefficient (Wildman–Crippen LogP) is 0.145. The van der Waals surface area contributed by atoms with Crippen molar-refractivity contribution in [3.05, 3.63) is 0 Å². The van der Waals surface area contributed by atoms with E-state index in [0.717, 1.165) is 25.7 Å². The van der Waals surface area contributed by atoms with Gasteiger partial charge in [0.25, 0.3) is 0 Å². The first-order valence-electron chi connectivity index (χ1n) is 5.32. The van der Waals surface area contributed by atoms with Gasteiger partial charge in [-0.2, -0.15) is 0 Å². The Balaban J connectivity index is 2.06. The number of aliphatic carboxylic acids is 1. The fourth-order valence-corrected chi connectivity index (χ4v) is 2.46. The highest BCUT2D eigenvalue weighted by molar-refractivity contribution is 5.85. The minimum atomic E-state index is -1.00.